The first-order valence-electron chi connectivity index (χ1n) is 6.53. The quantitative estimate of drug-likeness (QED) is 0.856. The molecule has 1 aliphatic heterocycles. The third-order valence-corrected chi connectivity index (χ3v) is 3.64. The average molecular weight is 250 g/mol. The van der Waals surface area contributed by atoms with Gasteiger partial charge in [0.1, 0.15) is 17.5 Å². The Labute approximate surface area is 108 Å². The highest BCUT2D eigenvalue weighted by Gasteiger charge is 2.37. The molecule has 0 saturated carbocycles. The highest BCUT2D eigenvalue weighted by Crippen LogP contribution is 2.29. The Bertz CT molecular complexity index is 401. The molecule has 2 N–H and O–H groups in total. The van der Waals surface area contributed by atoms with E-state index in [0.717, 1.165) is 36.9 Å². The summed E-state index contributed by atoms with van der Waals surface area (Å²) in [7, 11) is 1.87. The first-order chi connectivity index (χ1) is 8.57. The molecule has 0 spiro atoms. The Balaban J connectivity index is 2.22. The van der Waals surface area contributed by atoms with Crippen LogP contribution < -0.4 is 10.6 Å². The maximum absolute atomic E-state index is 5.63. The van der Waals surface area contributed by atoms with Gasteiger partial charge in [-0.25, -0.2) is 9.97 Å². The van der Waals surface area contributed by atoms with Gasteiger partial charge in [-0.2, -0.15) is 0 Å². The second-order valence-corrected chi connectivity index (χ2v) is 4.96. The van der Waals surface area contributed by atoms with E-state index in [1.165, 1.54) is 0 Å². The maximum Gasteiger partial charge on any atom is 0.132 e. The van der Waals surface area contributed by atoms with Crippen molar-refractivity contribution in [2.75, 3.05) is 24.3 Å². The van der Waals surface area contributed by atoms with Crippen molar-refractivity contribution in [2.45, 2.75) is 45.3 Å². The third kappa shape index (κ3) is 2.56. The summed E-state index contributed by atoms with van der Waals surface area (Å²) in [5.41, 5.74) is -0.0512. The van der Waals surface area contributed by atoms with Gasteiger partial charge in [-0.05, 0) is 20.3 Å². The lowest BCUT2D eigenvalue weighted by molar-refractivity contribution is 0.105. The fourth-order valence-corrected chi connectivity index (χ4v) is 2.14. The van der Waals surface area contributed by atoms with Gasteiger partial charge < -0.3 is 15.4 Å². The third-order valence-electron chi connectivity index (χ3n) is 3.64. The Kier molecular flexibility index (Phi) is 3.71. The number of aromatic nitrogens is 2. The van der Waals surface area contributed by atoms with Gasteiger partial charge in [0.25, 0.3) is 0 Å². The number of ether oxygens (including phenoxy) is 1. The predicted octanol–water partition coefficient (Wildman–Crippen LogP) is 2.06. The molecular weight excluding hydrogens is 228 g/mol. The van der Waals surface area contributed by atoms with Crippen molar-refractivity contribution in [3.63, 3.8) is 0 Å². The van der Waals surface area contributed by atoms with Gasteiger partial charge in [-0.15, -0.1) is 0 Å². The molecule has 0 bridgehead atoms. The number of hydrogen-bond donors (Lipinski definition) is 2. The lowest BCUT2D eigenvalue weighted by Crippen LogP contribution is -2.41. The van der Waals surface area contributed by atoms with Gasteiger partial charge in [-0.1, -0.05) is 6.92 Å². The smallest absolute Gasteiger partial charge is 0.132 e. The molecule has 0 aliphatic carbocycles. The van der Waals surface area contributed by atoms with E-state index in [1.807, 2.05) is 13.1 Å². The number of anilines is 2. The molecule has 1 aliphatic rings. The number of hydrogen-bond acceptors (Lipinski definition) is 5. The zero-order valence-corrected chi connectivity index (χ0v) is 11.6. The van der Waals surface area contributed by atoms with E-state index < -0.39 is 0 Å². The van der Waals surface area contributed by atoms with Crippen LogP contribution in [0.1, 0.15) is 33.0 Å². The van der Waals surface area contributed by atoms with Crippen molar-refractivity contribution < 1.29 is 4.74 Å². The Morgan fingerprint density at radius 1 is 1.44 bits per heavy atom. The molecule has 1 aromatic heterocycles. The van der Waals surface area contributed by atoms with E-state index in [2.05, 4.69) is 41.4 Å². The summed E-state index contributed by atoms with van der Waals surface area (Å²) in [5, 5.41) is 6.57. The topological polar surface area (TPSA) is 59.1 Å². The van der Waals surface area contributed by atoms with Crippen LogP contribution in [0.2, 0.25) is 0 Å². The first-order valence-corrected chi connectivity index (χ1v) is 6.53. The van der Waals surface area contributed by atoms with Crippen molar-refractivity contribution in [3.05, 3.63) is 11.9 Å². The standard InChI is InChI=1S/C13H22N4O/c1-5-10-15-11(14-4)8-12(16-10)17-13(3)6-7-18-9(13)2/h8-9H,5-7H2,1-4H3,(H2,14,15,16,17). The van der Waals surface area contributed by atoms with E-state index in [0.29, 0.717) is 0 Å². The minimum Gasteiger partial charge on any atom is -0.376 e. The molecule has 1 aromatic rings. The highest BCUT2D eigenvalue weighted by molar-refractivity contribution is 5.49. The predicted molar refractivity (Wildman–Crippen MR) is 73.0 cm³/mol. The zero-order chi connectivity index (χ0) is 13.2. The second kappa shape index (κ2) is 5.10. The van der Waals surface area contributed by atoms with Crippen molar-refractivity contribution in [1.82, 2.24) is 9.97 Å². The van der Waals surface area contributed by atoms with Gasteiger partial charge >= 0.3 is 0 Å². The van der Waals surface area contributed by atoms with Crippen molar-refractivity contribution in [2.24, 2.45) is 0 Å². The summed E-state index contributed by atoms with van der Waals surface area (Å²) in [5.74, 6) is 2.56. The van der Waals surface area contributed by atoms with E-state index in [9.17, 15) is 0 Å². The molecular formula is C13H22N4O. The Hall–Kier alpha value is -1.36. The van der Waals surface area contributed by atoms with Crippen LogP contribution in [0.5, 0.6) is 0 Å². The maximum atomic E-state index is 5.63. The molecule has 0 radical (unpaired) electrons. The summed E-state index contributed by atoms with van der Waals surface area (Å²) in [6.07, 6.45) is 2.01. The normalized spacial score (nSPS) is 27.2. The number of rotatable bonds is 4. The van der Waals surface area contributed by atoms with Crippen LogP contribution in [-0.2, 0) is 11.2 Å². The Morgan fingerprint density at radius 2 is 2.17 bits per heavy atom. The van der Waals surface area contributed by atoms with Crippen LogP contribution in [0.4, 0.5) is 11.6 Å². The van der Waals surface area contributed by atoms with Gasteiger partial charge in [0, 0.05) is 26.1 Å². The van der Waals surface area contributed by atoms with Crippen LogP contribution in [0.3, 0.4) is 0 Å². The van der Waals surface area contributed by atoms with Crippen molar-refractivity contribution >= 4 is 11.6 Å². The second-order valence-electron chi connectivity index (χ2n) is 4.96. The Morgan fingerprint density at radius 3 is 2.72 bits per heavy atom. The van der Waals surface area contributed by atoms with Crippen molar-refractivity contribution in [1.29, 1.82) is 0 Å². The highest BCUT2D eigenvalue weighted by atomic mass is 16.5. The summed E-state index contributed by atoms with van der Waals surface area (Å²) < 4.78 is 5.63. The fourth-order valence-electron chi connectivity index (χ4n) is 2.14. The minimum atomic E-state index is -0.0512. The molecule has 1 fully saturated rings. The van der Waals surface area contributed by atoms with Crippen LogP contribution in [0, 0.1) is 0 Å². The van der Waals surface area contributed by atoms with Gasteiger partial charge in [-0.3, -0.25) is 0 Å². The van der Waals surface area contributed by atoms with E-state index in [1.54, 1.807) is 0 Å². The molecule has 5 heteroatoms. The SMILES string of the molecule is CCc1nc(NC)cc(NC2(C)CCOC2C)n1. The monoisotopic (exact) mass is 250 g/mol. The van der Waals surface area contributed by atoms with Crippen molar-refractivity contribution in [3.8, 4) is 0 Å². The van der Waals surface area contributed by atoms with Gasteiger partial charge in [0.15, 0.2) is 0 Å². The molecule has 0 aromatic carbocycles. The summed E-state index contributed by atoms with van der Waals surface area (Å²) in [6.45, 7) is 7.13. The molecule has 2 atom stereocenters. The largest absolute Gasteiger partial charge is 0.376 e. The summed E-state index contributed by atoms with van der Waals surface area (Å²) in [6, 6.07) is 1.94. The molecule has 2 heterocycles. The average Bonchev–Trinajstić information content (AvgIpc) is 2.68. The van der Waals surface area contributed by atoms with E-state index >= 15 is 0 Å². The first kappa shape index (κ1) is 13.1. The molecule has 18 heavy (non-hydrogen) atoms. The molecule has 1 saturated heterocycles. The minimum absolute atomic E-state index is 0.0512. The summed E-state index contributed by atoms with van der Waals surface area (Å²) >= 11 is 0. The number of nitrogens with zero attached hydrogens (tertiary/aromatic N) is 2. The lowest BCUT2D eigenvalue weighted by Gasteiger charge is -2.29. The molecule has 0 amide bonds. The fraction of sp³-hybridized carbons (Fsp3) is 0.692. The van der Waals surface area contributed by atoms with E-state index in [4.69, 9.17) is 4.74 Å². The summed E-state index contributed by atoms with van der Waals surface area (Å²) in [4.78, 5) is 8.92. The molecule has 100 valence electrons. The number of aryl methyl sites for hydroxylation is 1. The lowest BCUT2D eigenvalue weighted by atomic mass is 9.95. The van der Waals surface area contributed by atoms with Gasteiger partial charge in [0.2, 0.25) is 0 Å². The van der Waals surface area contributed by atoms with Gasteiger partial charge in [0.05, 0.1) is 11.6 Å². The van der Waals surface area contributed by atoms with Crippen LogP contribution in [0.25, 0.3) is 0 Å². The van der Waals surface area contributed by atoms with E-state index in [-0.39, 0.29) is 11.6 Å². The van der Waals surface area contributed by atoms with Crippen LogP contribution in [-0.4, -0.2) is 35.3 Å². The molecule has 5 nitrogen and oxygen atoms in total. The van der Waals surface area contributed by atoms with Crippen LogP contribution >= 0.6 is 0 Å². The molecule has 2 rings (SSSR count). The number of nitrogens with one attached hydrogen (secondary N) is 2. The van der Waals surface area contributed by atoms with Crippen LogP contribution in [0.15, 0.2) is 6.07 Å². The molecule has 2 unspecified atom stereocenters. The zero-order valence-electron chi connectivity index (χ0n) is 11.6.